The van der Waals surface area contributed by atoms with Crippen LogP contribution in [0.4, 0.5) is 5.69 Å². The van der Waals surface area contributed by atoms with Gasteiger partial charge in [-0.25, -0.2) is 0 Å². The summed E-state index contributed by atoms with van der Waals surface area (Å²) in [6.07, 6.45) is 4.15. The highest BCUT2D eigenvalue weighted by atomic mass is 32.1. The van der Waals surface area contributed by atoms with E-state index in [0.29, 0.717) is 23.6 Å². The second-order valence-corrected chi connectivity index (χ2v) is 6.25. The Hall–Kier alpha value is -2.50. The molecule has 0 aliphatic carbocycles. The van der Waals surface area contributed by atoms with Crippen molar-refractivity contribution in [2.24, 2.45) is 5.10 Å². The Bertz CT molecular complexity index is 826. The zero-order chi connectivity index (χ0) is 17.6. The van der Waals surface area contributed by atoms with Gasteiger partial charge in [-0.05, 0) is 42.8 Å². The molecule has 7 nitrogen and oxygen atoms in total. The summed E-state index contributed by atoms with van der Waals surface area (Å²) in [6, 6.07) is 10.1. The monoisotopic (exact) mass is 356 g/mol. The Morgan fingerprint density at radius 2 is 2.32 bits per heavy atom. The summed E-state index contributed by atoms with van der Waals surface area (Å²) < 4.78 is 7.74. The summed E-state index contributed by atoms with van der Waals surface area (Å²) in [5.74, 6) is 0.714. The maximum absolute atomic E-state index is 8.67. The van der Waals surface area contributed by atoms with Gasteiger partial charge in [0.15, 0.2) is 5.82 Å². The molecule has 0 spiro atoms. The molecule has 1 atom stereocenters. The molecule has 25 heavy (non-hydrogen) atoms. The largest absolute Gasteiger partial charge is 0.374 e. The standard InChI is InChI=1S/C17H20N6OS/c1-22(10-3-9-18)14-7-5-13(6-8-14)12-19-23-16(20-21-17(23)25)15-4-2-11-24-15/h5-8,12,15H,2-4,10-11H2,1H3,(H,21,25)/b19-12-/t15-/m0/s1. The molecule has 8 heteroatoms. The van der Waals surface area contributed by atoms with E-state index in [1.165, 1.54) is 0 Å². The predicted octanol–water partition coefficient (Wildman–Crippen LogP) is 3.02. The smallest absolute Gasteiger partial charge is 0.216 e. The summed E-state index contributed by atoms with van der Waals surface area (Å²) in [5, 5.41) is 20.2. The Labute approximate surface area is 151 Å². The van der Waals surface area contributed by atoms with Crippen LogP contribution in [0.3, 0.4) is 0 Å². The van der Waals surface area contributed by atoms with E-state index in [2.05, 4.69) is 21.4 Å². The molecular formula is C17H20N6OS. The van der Waals surface area contributed by atoms with Crippen LogP contribution in [-0.2, 0) is 4.74 Å². The molecule has 1 aliphatic heterocycles. The van der Waals surface area contributed by atoms with Gasteiger partial charge < -0.3 is 9.64 Å². The molecule has 0 saturated carbocycles. The molecule has 130 valence electrons. The lowest BCUT2D eigenvalue weighted by molar-refractivity contribution is 0.102. The summed E-state index contributed by atoms with van der Waals surface area (Å²) in [6.45, 7) is 1.45. The normalized spacial score (nSPS) is 17.0. The van der Waals surface area contributed by atoms with Gasteiger partial charge >= 0.3 is 0 Å². The molecule has 1 N–H and O–H groups in total. The summed E-state index contributed by atoms with van der Waals surface area (Å²) in [7, 11) is 1.97. The van der Waals surface area contributed by atoms with E-state index in [0.717, 1.165) is 30.7 Å². The van der Waals surface area contributed by atoms with Gasteiger partial charge in [-0.2, -0.15) is 20.1 Å². The number of hydrogen-bond acceptors (Lipinski definition) is 6. The highest BCUT2D eigenvalue weighted by Crippen LogP contribution is 2.27. The fourth-order valence-corrected chi connectivity index (χ4v) is 2.88. The third-order valence-corrected chi connectivity index (χ3v) is 4.37. The molecule has 1 aliphatic rings. The fraction of sp³-hybridized carbons (Fsp3) is 0.412. The Morgan fingerprint density at radius 3 is 3.00 bits per heavy atom. The van der Waals surface area contributed by atoms with Crippen LogP contribution in [0.2, 0.25) is 0 Å². The van der Waals surface area contributed by atoms with E-state index in [1.807, 2.05) is 36.2 Å². The maximum Gasteiger partial charge on any atom is 0.216 e. The first-order valence-corrected chi connectivity index (χ1v) is 8.61. The summed E-state index contributed by atoms with van der Waals surface area (Å²) in [4.78, 5) is 2.05. The van der Waals surface area contributed by atoms with Gasteiger partial charge in [-0.15, -0.1) is 0 Å². The number of aromatic amines is 1. The summed E-state index contributed by atoms with van der Waals surface area (Å²) >= 11 is 5.26. The lowest BCUT2D eigenvalue weighted by Crippen LogP contribution is -2.17. The Kier molecular flexibility index (Phi) is 5.58. The van der Waals surface area contributed by atoms with Gasteiger partial charge in [0.1, 0.15) is 6.10 Å². The molecule has 1 aromatic heterocycles. The van der Waals surface area contributed by atoms with E-state index in [1.54, 1.807) is 10.9 Å². The van der Waals surface area contributed by atoms with Gasteiger partial charge in [-0.1, -0.05) is 12.1 Å². The Balaban J connectivity index is 1.73. The number of H-pyrrole nitrogens is 1. The van der Waals surface area contributed by atoms with Crippen LogP contribution in [0, 0.1) is 16.1 Å². The topological polar surface area (TPSA) is 82.2 Å². The number of hydrogen-bond donors (Lipinski definition) is 1. The first kappa shape index (κ1) is 17.3. The van der Waals surface area contributed by atoms with Crippen molar-refractivity contribution in [3.05, 3.63) is 40.4 Å². The zero-order valence-corrected chi connectivity index (χ0v) is 14.9. The quantitative estimate of drug-likeness (QED) is 0.635. The lowest BCUT2D eigenvalue weighted by atomic mass is 10.2. The zero-order valence-electron chi connectivity index (χ0n) is 14.1. The average molecular weight is 356 g/mol. The maximum atomic E-state index is 8.67. The Morgan fingerprint density at radius 1 is 1.52 bits per heavy atom. The van der Waals surface area contributed by atoms with Crippen LogP contribution in [-0.4, -0.2) is 41.3 Å². The molecule has 3 rings (SSSR count). The van der Waals surface area contributed by atoms with Gasteiger partial charge in [-0.3, -0.25) is 5.10 Å². The van der Waals surface area contributed by atoms with Gasteiger partial charge in [0.25, 0.3) is 0 Å². The molecule has 0 bridgehead atoms. The molecule has 0 radical (unpaired) electrons. The highest BCUT2D eigenvalue weighted by Gasteiger charge is 2.23. The van der Waals surface area contributed by atoms with Crippen molar-refractivity contribution in [3.8, 4) is 6.07 Å². The number of nitrogens with zero attached hydrogens (tertiary/aromatic N) is 5. The van der Waals surface area contributed by atoms with Gasteiger partial charge in [0.2, 0.25) is 4.77 Å². The fourth-order valence-electron chi connectivity index (χ4n) is 2.69. The second-order valence-electron chi connectivity index (χ2n) is 5.87. The summed E-state index contributed by atoms with van der Waals surface area (Å²) in [5.41, 5.74) is 2.02. The van der Waals surface area contributed by atoms with Crippen molar-refractivity contribution in [3.63, 3.8) is 0 Å². The number of anilines is 1. The van der Waals surface area contributed by atoms with Crippen LogP contribution >= 0.6 is 12.2 Å². The number of benzene rings is 1. The van der Waals surface area contributed by atoms with Gasteiger partial charge in [0.05, 0.1) is 18.7 Å². The highest BCUT2D eigenvalue weighted by molar-refractivity contribution is 7.71. The van der Waals surface area contributed by atoms with Crippen molar-refractivity contribution in [2.45, 2.75) is 25.4 Å². The number of nitriles is 1. The molecule has 2 heterocycles. The van der Waals surface area contributed by atoms with E-state index in [-0.39, 0.29) is 6.10 Å². The minimum atomic E-state index is -0.0544. The van der Waals surface area contributed by atoms with Crippen molar-refractivity contribution in [2.75, 3.05) is 25.1 Å². The minimum absolute atomic E-state index is 0.0544. The number of aromatic nitrogens is 3. The van der Waals surface area contributed by atoms with Crippen LogP contribution in [0.25, 0.3) is 0 Å². The van der Waals surface area contributed by atoms with E-state index in [9.17, 15) is 0 Å². The third-order valence-electron chi connectivity index (χ3n) is 4.11. The molecule has 1 saturated heterocycles. The minimum Gasteiger partial charge on any atom is -0.374 e. The third kappa shape index (κ3) is 4.13. The van der Waals surface area contributed by atoms with Crippen molar-refractivity contribution in [1.29, 1.82) is 5.26 Å². The van der Waals surface area contributed by atoms with Crippen molar-refractivity contribution < 1.29 is 4.74 Å². The first-order chi connectivity index (χ1) is 12.2. The number of nitrogens with one attached hydrogen (secondary N) is 1. The molecule has 0 amide bonds. The average Bonchev–Trinajstić information content (AvgIpc) is 3.28. The van der Waals surface area contributed by atoms with E-state index < -0.39 is 0 Å². The second kappa shape index (κ2) is 8.05. The van der Waals surface area contributed by atoms with Crippen LogP contribution in [0.15, 0.2) is 29.4 Å². The van der Waals surface area contributed by atoms with Crippen LogP contribution in [0.5, 0.6) is 0 Å². The lowest BCUT2D eigenvalue weighted by Gasteiger charge is -2.17. The number of rotatable bonds is 6. The van der Waals surface area contributed by atoms with E-state index >= 15 is 0 Å². The molecule has 0 unspecified atom stereocenters. The van der Waals surface area contributed by atoms with Crippen LogP contribution in [0.1, 0.15) is 36.8 Å². The first-order valence-electron chi connectivity index (χ1n) is 8.20. The van der Waals surface area contributed by atoms with Crippen molar-refractivity contribution >= 4 is 24.1 Å². The van der Waals surface area contributed by atoms with Crippen molar-refractivity contribution in [1.82, 2.24) is 14.9 Å². The van der Waals surface area contributed by atoms with Crippen LogP contribution < -0.4 is 4.90 Å². The van der Waals surface area contributed by atoms with Gasteiger partial charge in [0, 0.05) is 25.9 Å². The SMILES string of the molecule is CN(CCC#N)c1ccc(/C=N\n2c([C@@H]3CCCO3)n[nH]c2=S)cc1. The molecule has 1 fully saturated rings. The molecular weight excluding hydrogens is 336 g/mol. The molecule has 1 aromatic carbocycles. The van der Waals surface area contributed by atoms with E-state index in [4.69, 9.17) is 22.2 Å². The number of ether oxygens (including phenoxy) is 1. The molecule has 2 aromatic rings. The predicted molar refractivity (Wildman–Crippen MR) is 98.3 cm³/mol.